The number of urea groups is 1. The van der Waals surface area contributed by atoms with E-state index in [4.69, 9.17) is 5.11 Å². The smallest absolute Gasteiger partial charge is 0.317 e. The molecule has 0 aromatic rings. The Morgan fingerprint density at radius 1 is 1.42 bits per heavy atom. The molecule has 2 N–H and O–H groups in total. The molecule has 0 aliphatic carbocycles. The Hall–Kier alpha value is -1.30. The highest BCUT2D eigenvalue weighted by atomic mass is 16.4. The lowest BCUT2D eigenvalue weighted by molar-refractivity contribution is -0.137. The quantitative estimate of drug-likeness (QED) is 0.719. The van der Waals surface area contributed by atoms with E-state index in [2.05, 4.69) is 17.1 Å². The minimum absolute atomic E-state index is 0.00565. The van der Waals surface area contributed by atoms with E-state index >= 15 is 0 Å². The summed E-state index contributed by atoms with van der Waals surface area (Å²) in [5.41, 5.74) is 0. The zero-order valence-corrected chi connectivity index (χ0v) is 11.9. The Morgan fingerprint density at radius 2 is 2.16 bits per heavy atom. The molecule has 0 aromatic heterocycles. The summed E-state index contributed by atoms with van der Waals surface area (Å²) in [6, 6.07) is -0.154. The number of carboxylic acids is 1. The lowest BCUT2D eigenvalue weighted by Gasteiger charge is -2.22. The van der Waals surface area contributed by atoms with Crippen LogP contribution in [-0.2, 0) is 4.79 Å². The van der Waals surface area contributed by atoms with Gasteiger partial charge in [0.05, 0.1) is 6.42 Å². The van der Waals surface area contributed by atoms with Crippen molar-refractivity contribution >= 4 is 12.0 Å². The van der Waals surface area contributed by atoms with Gasteiger partial charge in [0.2, 0.25) is 0 Å². The Kier molecular flexibility index (Phi) is 6.62. The Bertz CT molecular complexity index is 310. The maximum Gasteiger partial charge on any atom is 0.317 e. The second kappa shape index (κ2) is 7.99. The predicted octanol–water partition coefficient (Wildman–Crippen LogP) is 0.834. The second-order valence-corrected chi connectivity index (χ2v) is 4.96. The van der Waals surface area contributed by atoms with Crippen LogP contribution in [0.5, 0.6) is 0 Å². The number of amides is 2. The van der Waals surface area contributed by atoms with Crippen molar-refractivity contribution in [3.8, 4) is 0 Å². The molecule has 1 heterocycles. The van der Waals surface area contributed by atoms with Crippen molar-refractivity contribution in [3.63, 3.8) is 0 Å². The molecule has 110 valence electrons. The maximum atomic E-state index is 11.9. The highest BCUT2D eigenvalue weighted by Crippen LogP contribution is 2.14. The monoisotopic (exact) mass is 271 g/mol. The van der Waals surface area contributed by atoms with Gasteiger partial charge in [-0.1, -0.05) is 6.92 Å². The molecule has 1 saturated heterocycles. The minimum Gasteiger partial charge on any atom is -0.481 e. The Balaban J connectivity index is 2.27. The summed E-state index contributed by atoms with van der Waals surface area (Å²) in [6.45, 7) is 8.68. The number of nitrogens with one attached hydrogen (secondary N) is 1. The van der Waals surface area contributed by atoms with Gasteiger partial charge in [0.15, 0.2) is 0 Å². The van der Waals surface area contributed by atoms with Gasteiger partial charge in [-0.2, -0.15) is 0 Å². The molecule has 1 rings (SSSR count). The molecule has 0 aromatic carbocycles. The maximum absolute atomic E-state index is 11.9. The molecule has 1 aliphatic heterocycles. The van der Waals surface area contributed by atoms with E-state index in [0.717, 1.165) is 26.1 Å². The zero-order chi connectivity index (χ0) is 14.3. The van der Waals surface area contributed by atoms with E-state index in [-0.39, 0.29) is 19.0 Å². The summed E-state index contributed by atoms with van der Waals surface area (Å²) in [4.78, 5) is 26.3. The molecule has 6 heteroatoms. The minimum atomic E-state index is -0.874. The van der Waals surface area contributed by atoms with E-state index in [9.17, 15) is 9.59 Å². The zero-order valence-electron chi connectivity index (χ0n) is 11.9. The van der Waals surface area contributed by atoms with Crippen molar-refractivity contribution in [1.29, 1.82) is 0 Å². The van der Waals surface area contributed by atoms with E-state index in [1.807, 2.05) is 6.92 Å². The first-order valence-corrected chi connectivity index (χ1v) is 7.03. The van der Waals surface area contributed by atoms with Gasteiger partial charge in [-0.05, 0) is 32.4 Å². The lowest BCUT2D eigenvalue weighted by atomic mass is 10.1. The van der Waals surface area contributed by atoms with Crippen molar-refractivity contribution in [2.24, 2.45) is 5.92 Å². The fourth-order valence-electron chi connectivity index (χ4n) is 2.34. The molecular weight excluding hydrogens is 246 g/mol. The molecule has 0 spiro atoms. The van der Waals surface area contributed by atoms with Crippen molar-refractivity contribution < 1.29 is 14.7 Å². The van der Waals surface area contributed by atoms with Gasteiger partial charge in [-0.3, -0.25) is 4.79 Å². The largest absolute Gasteiger partial charge is 0.481 e. The number of likely N-dealkylation sites (tertiary alicyclic amines) is 1. The van der Waals surface area contributed by atoms with Gasteiger partial charge < -0.3 is 20.2 Å². The summed E-state index contributed by atoms with van der Waals surface area (Å²) in [5, 5.41) is 11.5. The van der Waals surface area contributed by atoms with E-state index < -0.39 is 5.97 Å². The number of aliphatic carboxylic acids is 1. The van der Waals surface area contributed by atoms with Crippen LogP contribution in [0.1, 0.15) is 26.7 Å². The predicted molar refractivity (Wildman–Crippen MR) is 73.1 cm³/mol. The number of hydrogen-bond donors (Lipinski definition) is 2. The summed E-state index contributed by atoms with van der Waals surface area (Å²) in [6.07, 6.45) is 1.11. The van der Waals surface area contributed by atoms with Gasteiger partial charge >= 0.3 is 12.0 Å². The lowest BCUT2D eigenvalue weighted by Crippen LogP contribution is -2.43. The fraction of sp³-hybridized carbons (Fsp3) is 0.846. The molecular formula is C13H25N3O3. The molecule has 0 saturated carbocycles. The number of carbonyl (C=O) groups is 2. The van der Waals surface area contributed by atoms with E-state index in [1.165, 1.54) is 0 Å². The summed E-state index contributed by atoms with van der Waals surface area (Å²) < 4.78 is 0. The molecule has 1 atom stereocenters. The van der Waals surface area contributed by atoms with Gasteiger partial charge in [-0.25, -0.2) is 4.79 Å². The fourth-order valence-corrected chi connectivity index (χ4v) is 2.34. The van der Waals surface area contributed by atoms with Crippen molar-refractivity contribution in [2.75, 3.05) is 39.3 Å². The Labute approximate surface area is 114 Å². The normalized spacial score (nSPS) is 19.4. The molecule has 0 radical (unpaired) electrons. The number of rotatable bonds is 7. The second-order valence-electron chi connectivity index (χ2n) is 4.96. The van der Waals surface area contributed by atoms with Crippen LogP contribution < -0.4 is 5.32 Å². The molecule has 1 fully saturated rings. The third kappa shape index (κ3) is 5.46. The van der Waals surface area contributed by atoms with Crippen molar-refractivity contribution in [2.45, 2.75) is 26.7 Å². The topological polar surface area (TPSA) is 72.9 Å². The molecule has 0 bridgehead atoms. The SMILES string of the molecule is CCN1CCC(CNC(=O)N(CC)CCC(=O)O)C1. The molecule has 19 heavy (non-hydrogen) atoms. The van der Waals surface area contributed by atoms with Crippen LogP contribution in [0.2, 0.25) is 0 Å². The first-order chi connectivity index (χ1) is 9.06. The summed E-state index contributed by atoms with van der Waals surface area (Å²) >= 11 is 0. The highest BCUT2D eigenvalue weighted by Gasteiger charge is 2.22. The average Bonchev–Trinajstić information content (AvgIpc) is 2.84. The van der Waals surface area contributed by atoms with Crippen LogP contribution in [0.25, 0.3) is 0 Å². The average molecular weight is 271 g/mol. The summed E-state index contributed by atoms with van der Waals surface area (Å²) in [7, 11) is 0. The van der Waals surface area contributed by atoms with Crippen LogP contribution in [0.15, 0.2) is 0 Å². The number of hydrogen-bond acceptors (Lipinski definition) is 3. The van der Waals surface area contributed by atoms with Gasteiger partial charge in [0.1, 0.15) is 0 Å². The molecule has 1 aliphatic rings. The van der Waals surface area contributed by atoms with E-state index in [1.54, 1.807) is 4.90 Å². The standard InChI is InChI=1S/C13H25N3O3/c1-3-15-7-5-11(10-15)9-14-13(19)16(4-2)8-6-12(17)18/h11H,3-10H2,1-2H3,(H,14,19)(H,17,18). The molecule has 2 amide bonds. The number of carbonyl (C=O) groups excluding carboxylic acids is 1. The van der Waals surface area contributed by atoms with Crippen LogP contribution in [0.3, 0.4) is 0 Å². The van der Waals surface area contributed by atoms with Gasteiger partial charge in [-0.15, -0.1) is 0 Å². The van der Waals surface area contributed by atoms with Crippen molar-refractivity contribution in [3.05, 3.63) is 0 Å². The highest BCUT2D eigenvalue weighted by molar-refractivity contribution is 5.75. The Morgan fingerprint density at radius 3 is 2.68 bits per heavy atom. The summed E-state index contributed by atoms with van der Waals surface area (Å²) in [5.74, 6) is -0.359. The third-order valence-electron chi connectivity index (χ3n) is 3.62. The number of carboxylic acid groups (broad SMARTS) is 1. The first kappa shape index (κ1) is 15.8. The van der Waals surface area contributed by atoms with E-state index in [0.29, 0.717) is 19.0 Å². The van der Waals surface area contributed by atoms with Gasteiger partial charge in [0, 0.05) is 26.2 Å². The van der Waals surface area contributed by atoms with Crippen LogP contribution >= 0.6 is 0 Å². The van der Waals surface area contributed by atoms with Crippen LogP contribution in [-0.4, -0.2) is 66.2 Å². The van der Waals surface area contributed by atoms with Crippen LogP contribution in [0.4, 0.5) is 4.79 Å². The van der Waals surface area contributed by atoms with Crippen molar-refractivity contribution in [1.82, 2.24) is 15.1 Å². The number of nitrogens with zero attached hydrogens (tertiary/aromatic N) is 2. The first-order valence-electron chi connectivity index (χ1n) is 7.03. The van der Waals surface area contributed by atoms with Crippen LogP contribution in [0, 0.1) is 5.92 Å². The molecule has 6 nitrogen and oxygen atoms in total. The molecule has 1 unspecified atom stereocenters. The van der Waals surface area contributed by atoms with Gasteiger partial charge in [0.25, 0.3) is 0 Å². The third-order valence-corrected chi connectivity index (χ3v) is 3.62.